The first-order valence-electron chi connectivity index (χ1n) is 6.32. The van der Waals surface area contributed by atoms with E-state index >= 15 is 0 Å². The lowest BCUT2D eigenvalue weighted by Crippen LogP contribution is -2.23. The van der Waals surface area contributed by atoms with E-state index in [0.29, 0.717) is 5.92 Å². The molecule has 1 aliphatic rings. The molecule has 1 saturated carbocycles. The average Bonchev–Trinajstić information content (AvgIpc) is 3.11. The maximum absolute atomic E-state index is 13.1. The molecule has 2 rings (SSSR count). The van der Waals surface area contributed by atoms with Crippen LogP contribution < -0.4 is 5.32 Å². The summed E-state index contributed by atoms with van der Waals surface area (Å²) in [5.74, 6) is 0.498. The number of nitrogens with one attached hydrogen (secondary N) is 1. The molecule has 0 aromatic heterocycles. The fraction of sp³-hybridized carbons (Fsp3) is 0.571. The molecule has 1 atom stereocenters. The van der Waals surface area contributed by atoms with E-state index in [-0.39, 0.29) is 5.82 Å². The number of benzene rings is 1. The Morgan fingerprint density at radius 3 is 2.94 bits per heavy atom. The lowest BCUT2D eigenvalue weighted by Gasteiger charge is -2.12. The lowest BCUT2D eigenvalue weighted by atomic mass is 10.0. The third-order valence-electron chi connectivity index (χ3n) is 3.25. The minimum Gasteiger partial charge on any atom is -0.314 e. The maximum Gasteiger partial charge on any atom is 0.123 e. The van der Waals surface area contributed by atoms with E-state index in [4.69, 9.17) is 0 Å². The molecule has 1 N–H and O–H groups in total. The largest absolute Gasteiger partial charge is 0.314 e. The molecule has 1 aromatic carbocycles. The summed E-state index contributed by atoms with van der Waals surface area (Å²) in [6.07, 6.45) is 4.71. The number of hydrogen-bond donors (Lipinski definition) is 1. The van der Waals surface area contributed by atoms with E-state index < -0.39 is 0 Å². The summed E-state index contributed by atoms with van der Waals surface area (Å²) in [7, 11) is 0. The van der Waals surface area contributed by atoms with E-state index in [1.165, 1.54) is 18.9 Å². The van der Waals surface area contributed by atoms with Crippen molar-refractivity contribution in [3.63, 3.8) is 0 Å². The van der Waals surface area contributed by atoms with E-state index in [2.05, 4.69) is 28.2 Å². The van der Waals surface area contributed by atoms with Gasteiger partial charge in [-0.15, -0.1) is 0 Å². The van der Waals surface area contributed by atoms with Crippen LogP contribution in [0.2, 0.25) is 0 Å². The number of aryl methyl sites for hydroxylation is 1. The Balaban J connectivity index is 1.77. The first-order chi connectivity index (χ1) is 8.15. The molecule has 1 aromatic rings. The van der Waals surface area contributed by atoms with Crippen LogP contribution in [0.3, 0.4) is 0 Å². The van der Waals surface area contributed by atoms with Gasteiger partial charge in [-0.1, -0.05) is 22.9 Å². The molecule has 1 nitrogen and oxygen atoms in total. The van der Waals surface area contributed by atoms with Crippen molar-refractivity contribution >= 4 is 15.9 Å². The normalized spacial score (nSPS) is 17.1. The summed E-state index contributed by atoms with van der Waals surface area (Å²) in [6.45, 7) is 3.33. The first kappa shape index (κ1) is 13.0. The molecule has 0 bridgehead atoms. The minimum absolute atomic E-state index is 0.146. The van der Waals surface area contributed by atoms with E-state index in [9.17, 15) is 4.39 Å². The van der Waals surface area contributed by atoms with Crippen LogP contribution in [0.15, 0.2) is 22.7 Å². The Labute approximate surface area is 111 Å². The smallest absolute Gasteiger partial charge is 0.123 e. The summed E-state index contributed by atoms with van der Waals surface area (Å²) in [4.78, 5) is 0. The zero-order valence-electron chi connectivity index (χ0n) is 10.2. The number of halogens is 2. The standard InChI is InChI=1S/C14H19BrFN/c1-10(9-17-13-5-6-13)2-3-11-8-12(16)4-7-14(11)15/h4,7-8,10,13,17H,2-3,5-6,9H2,1H3. The molecule has 0 aliphatic heterocycles. The Kier molecular flexibility index (Phi) is 4.57. The first-order valence-corrected chi connectivity index (χ1v) is 7.12. The Morgan fingerprint density at radius 2 is 2.24 bits per heavy atom. The monoisotopic (exact) mass is 299 g/mol. The lowest BCUT2D eigenvalue weighted by molar-refractivity contribution is 0.479. The number of rotatable bonds is 6. The predicted octanol–water partition coefficient (Wildman–Crippen LogP) is 3.91. The summed E-state index contributed by atoms with van der Waals surface area (Å²) in [5, 5.41) is 3.53. The fourth-order valence-electron chi connectivity index (χ4n) is 1.89. The van der Waals surface area contributed by atoms with Crippen LogP contribution in [0.1, 0.15) is 31.7 Å². The molecule has 0 heterocycles. The van der Waals surface area contributed by atoms with Crippen LogP contribution in [0, 0.1) is 11.7 Å². The second-order valence-electron chi connectivity index (χ2n) is 5.06. The highest BCUT2D eigenvalue weighted by atomic mass is 79.9. The Morgan fingerprint density at radius 1 is 1.47 bits per heavy atom. The summed E-state index contributed by atoms with van der Waals surface area (Å²) in [5.41, 5.74) is 1.07. The molecular formula is C14H19BrFN. The van der Waals surface area contributed by atoms with Gasteiger partial charge in [0, 0.05) is 10.5 Å². The van der Waals surface area contributed by atoms with E-state index in [1.54, 1.807) is 12.1 Å². The van der Waals surface area contributed by atoms with Gasteiger partial charge < -0.3 is 5.32 Å². The molecule has 3 heteroatoms. The van der Waals surface area contributed by atoms with Crippen molar-refractivity contribution in [1.82, 2.24) is 5.32 Å². The van der Waals surface area contributed by atoms with Crippen LogP contribution in [0.25, 0.3) is 0 Å². The fourth-order valence-corrected chi connectivity index (χ4v) is 2.34. The zero-order chi connectivity index (χ0) is 12.3. The van der Waals surface area contributed by atoms with Gasteiger partial charge in [0.1, 0.15) is 5.82 Å². The van der Waals surface area contributed by atoms with Gasteiger partial charge in [-0.2, -0.15) is 0 Å². The number of hydrogen-bond acceptors (Lipinski definition) is 1. The highest BCUT2D eigenvalue weighted by Crippen LogP contribution is 2.22. The van der Waals surface area contributed by atoms with Crippen LogP contribution in [-0.2, 0) is 6.42 Å². The van der Waals surface area contributed by atoms with Crippen molar-refractivity contribution in [1.29, 1.82) is 0 Å². The molecule has 1 unspecified atom stereocenters. The van der Waals surface area contributed by atoms with Gasteiger partial charge in [-0.3, -0.25) is 0 Å². The van der Waals surface area contributed by atoms with Gasteiger partial charge in [-0.25, -0.2) is 4.39 Å². The summed E-state index contributed by atoms with van der Waals surface area (Å²) in [6, 6.07) is 5.69. The molecule has 1 aliphatic carbocycles. The Bertz CT molecular complexity index is 376. The zero-order valence-corrected chi connectivity index (χ0v) is 11.8. The van der Waals surface area contributed by atoms with E-state index in [1.807, 2.05) is 0 Å². The van der Waals surface area contributed by atoms with Crippen LogP contribution >= 0.6 is 15.9 Å². The van der Waals surface area contributed by atoms with Crippen molar-refractivity contribution in [2.45, 2.75) is 38.6 Å². The molecule has 17 heavy (non-hydrogen) atoms. The summed E-state index contributed by atoms with van der Waals surface area (Å²) >= 11 is 3.47. The Hall–Kier alpha value is -0.410. The molecule has 0 spiro atoms. The third-order valence-corrected chi connectivity index (χ3v) is 4.02. The van der Waals surface area contributed by atoms with Crippen LogP contribution in [0.5, 0.6) is 0 Å². The predicted molar refractivity (Wildman–Crippen MR) is 72.6 cm³/mol. The van der Waals surface area contributed by atoms with Gasteiger partial charge in [0.25, 0.3) is 0 Å². The second kappa shape index (κ2) is 5.96. The van der Waals surface area contributed by atoms with Gasteiger partial charge in [0.2, 0.25) is 0 Å². The highest BCUT2D eigenvalue weighted by molar-refractivity contribution is 9.10. The molecule has 94 valence electrons. The third kappa shape index (κ3) is 4.40. The van der Waals surface area contributed by atoms with Crippen molar-refractivity contribution in [2.75, 3.05) is 6.54 Å². The topological polar surface area (TPSA) is 12.0 Å². The van der Waals surface area contributed by atoms with Crippen molar-refractivity contribution < 1.29 is 4.39 Å². The van der Waals surface area contributed by atoms with Gasteiger partial charge in [-0.05, 0) is 61.9 Å². The van der Waals surface area contributed by atoms with Crippen molar-refractivity contribution in [2.24, 2.45) is 5.92 Å². The average molecular weight is 300 g/mol. The molecule has 0 amide bonds. The van der Waals surface area contributed by atoms with Crippen molar-refractivity contribution in [3.8, 4) is 0 Å². The summed E-state index contributed by atoms with van der Waals surface area (Å²) < 4.78 is 14.1. The molecule has 0 radical (unpaired) electrons. The highest BCUT2D eigenvalue weighted by Gasteiger charge is 2.20. The molecule has 1 fully saturated rings. The van der Waals surface area contributed by atoms with Gasteiger partial charge in [0.05, 0.1) is 0 Å². The van der Waals surface area contributed by atoms with Crippen LogP contribution in [-0.4, -0.2) is 12.6 Å². The quantitative estimate of drug-likeness (QED) is 0.840. The van der Waals surface area contributed by atoms with Gasteiger partial charge in [0.15, 0.2) is 0 Å². The second-order valence-corrected chi connectivity index (χ2v) is 5.92. The minimum atomic E-state index is -0.146. The van der Waals surface area contributed by atoms with Crippen molar-refractivity contribution in [3.05, 3.63) is 34.1 Å². The molecular weight excluding hydrogens is 281 g/mol. The molecule has 0 saturated heterocycles. The maximum atomic E-state index is 13.1. The SMILES string of the molecule is CC(CCc1cc(F)ccc1Br)CNC1CC1. The van der Waals surface area contributed by atoms with E-state index in [0.717, 1.165) is 35.5 Å². The van der Waals surface area contributed by atoms with Crippen LogP contribution in [0.4, 0.5) is 4.39 Å². The van der Waals surface area contributed by atoms with Gasteiger partial charge >= 0.3 is 0 Å².